The molecule has 3 heteroatoms. The van der Waals surface area contributed by atoms with Crippen molar-refractivity contribution in [1.82, 2.24) is 0 Å². The Kier molecular flexibility index (Phi) is 3.65. The van der Waals surface area contributed by atoms with Gasteiger partial charge < -0.3 is 5.11 Å². The molecule has 0 bridgehead atoms. The maximum atomic E-state index is 13.6. The lowest BCUT2D eigenvalue weighted by Gasteiger charge is -2.12. The van der Waals surface area contributed by atoms with Crippen LogP contribution >= 0.6 is 11.8 Å². The van der Waals surface area contributed by atoms with Crippen LogP contribution in [0, 0.1) is 5.82 Å². The van der Waals surface area contributed by atoms with Crippen molar-refractivity contribution in [2.24, 2.45) is 0 Å². The van der Waals surface area contributed by atoms with Gasteiger partial charge in [0, 0.05) is 10.1 Å². The van der Waals surface area contributed by atoms with Gasteiger partial charge in [-0.2, -0.15) is 0 Å². The number of hydrogen-bond donors (Lipinski definition) is 1. The fraction of sp³-hybridized carbons (Fsp3) is 0.500. The molecular formula is C12H15FOS. The Morgan fingerprint density at radius 1 is 1.33 bits per heavy atom. The first-order valence-corrected chi connectivity index (χ1v) is 6.24. The van der Waals surface area contributed by atoms with Gasteiger partial charge in [-0.25, -0.2) is 4.39 Å². The second-order valence-corrected chi connectivity index (χ2v) is 5.22. The standard InChI is InChI=1S/C12H15FOS/c13-11-7-3-4-9(8-14)12(11)15-10-5-1-2-6-10/h3-4,7,10,14H,1-2,5-6,8H2. The lowest BCUT2D eigenvalue weighted by molar-refractivity contribution is 0.277. The van der Waals surface area contributed by atoms with Gasteiger partial charge in [-0.05, 0) is 24.5 Å². The summed E-state index contributed by atoms with van der Waals surface area (Å²) in [5, 5.41) is 9.67. The molecule has 1 aliphatic rings. The maximum Gasteiger partial charge on any atom is 0.137 e. The van der Waals surface area contributed by atoms with Crippen molar-refractivity contribution in [2.75, 3.05) is 0 Å². The van der Waals surface area contributed by atoms with Crippen molar-refractivity contribution in [3.05, 3.63) is 29.6 Å². The SMILES string of the molecule is OCc1cccc(F)c1SC1CCCC1. The lowest BCUT2D eigenvalue weighted by atomic mass is 10.2. The van der Waals surface area contributed by atoms with Crippen molar-refractivity contribution < 1.29 is 9.50 Å². The molecule has 1 N–H and O–H groups in total. The summed E-state index contributed by atoms with van der Waals surface area (Å²) in [5.74, 6) is -0.196. The van der Waals surface area contributed by atoms with Crippen molar-refractivity contribution in [1.29, 1.82) is 0 Å². The highest BCUT2D eigenvalue weighted by molar-refractivity contribution is 8.00. The molecule has 0 heterocycles. The minimum atomic E-state index is -0.196. The van der Waals surface area contributed by atoms with E-state index in [9.17, 15) is 4.39 Å². The Labute approximate surface area is 93.7 Å². The Hall–Kier alpha value is -0.540. The quantitative estimate of drug-likeness (QED) is 0.853. The summed E-state index contributed by atoms with van der Waals surface area (Å²) in [4.78, 5) is 0.645. The molecule has 0 radical (unpaired) electrons. The van der Waals surface area contributed by atoms with E-state index in [-0.39, 0.29) is 12.4 Å². The molecule has 1 nitrogen and oxygen atoms in total. The Morgan fingerprint density at radius 2 is 2.07 bits per heavy atom. The molecule has 1 saturated carbocycles. The predicted octanol–water partition coefficient (Wildman–Crippen LogP) is 3.35. The van der Waals surface area contributed by atoms with E-state index in [1.165, 1.54) is 31.7 Å². The van der Waals surface area contributed by atoms with Crippen LogP contribution in [0.3, 0.4) is 0 Å². The van der Waals surface area contributed by atoms with Crippen LogP contribution in [0.5, 0.6) is 0 Å². The largest absolute Gasteiger partial charge is 0.392 e. The second kappa shape index (κ2) is 4.99. The Bertz CT molecular complexity index is 334. The summed E-state index contributed by atoms with van der Waals surface area (Å²) in [6.07, 6.45) is 4.84. The van der Waals surface area contributed by atoms with Gasteiger partial charge in [0.2, 0.25) is 0 Å². The molecule has 1 aromatic rings. The highest BCUT2D eigenvalue weighted by Crippen LogP contribution is 2.37. The number of halogens is 1. The van der Waals surface area contributed by atoms with Crippen LogP contribution in [-0.2, 0) is 6.61 Å². The maximum absolute atomic E-state index is 13.6. The summed E-state index contributed by atoms with van der Waals surface area (Å²) >= 11 is 1.59. The van der Waals surface area contributed by atoms with Gasteiger partial charge in [0.25, 0.3) is 0 Å². The third-order valence-electron chi connectivity index (χ3n) is 2.81. The smallest absolute Gasteiger partial charge is 0.137 e. The Morgan fingerprint density at radius 3 is 2.73 bits per heavy atom. The predicted molar refractivity (Wildman–Crippen MR) is 60.4 cm³/mol. The van der Waals surface area contributed by atoms with Crippen LogP contribution in [0.25, 0.3) is 0 Å². The van der Waals surface area contributed by atoms with E-state index in [2.05, 4.69) is 0 Å². The number of aliphatic hydroxyl groups is 1. The highest BCUT2D eigenvalue weighted by Gasteiger charge is 2.19. The van der Waals surface area contributed by atoms with E-state index < -0.39 is 0 Å². The molecule has 0 amide bonds. The highest BCUT2D eigenvalue weighted by atomic mass is 32.2. The number of rotatable bonds is 3. The average Bonchev–Trinajstić information content (AvgIpc) is 2.74. The van der Waals surface area contributed by atoms with Crippen molar-refractivity contribution in [3.63, 3.8) is 0 Å². The first-order chi connectivity index (χ1) is 7.31. The van der Waals surface area contributed by atoms with Crippen LogP contribution in [-0.4, -0.2) is 10.4 Å². The molecule has 1 aliphatic carbocycles. The fourth-order valence-electron chi connectivity index (χ4n) is 1.98. The van der Waals surface area contributed by atoms with E-state index in [0.29, 0.717) is 15.7 Å². The number of thioether (sulfide) groups is 1. The molecule has 1 aromatic carbocycles. The van der Waals surface area contributed by atoms with Gasteiger partial charge in [0.05, 0.1) is 6.61 Å². The van der Waals surface area contributed by atoms with Crippen LogP contribution in [0.2, 0.25) is 0 Å². The first-order valence-electron chi connectivity index (χ1n) is 5.36. The normalized spacial score (nSPS) is 17.2. The van der Waals surface area contributed by atoms with Gasteiger partial charge >= 0.3 is 0 Å². The van der Waals surface area contributed by atoms with E-state index >= 15 is 0 Å². The third-order valence-corrected chi connectivity index (χ3v) is 4.30. The molecule has 0 aromatic heterocycles. The lowest BCUT2D eigenvalue weighted by Crippen LogP contribution is -1.98. The zero-order valence-electron chi connectivity index (χ0n) is 8.58. The second-order valence-electron chi connectivity index (χ2n) is 3.91. The molecule has 0 aliphatic heterocycles. The third kappa shape index (κ3) is 2.52. The minimum absolute atomic E-state index is 0.0766. The first kappa shape index (κ1) is 11.0. The molecule has 0 atom stereocenters. The van der Waals surface area contributed by atoms with Crippen molar-refractivity contribution in [3.8, 4) is 0 Å². The summed E-state index contributed by atoms with van der Waals surface area (Å²) in [5.41, 5.74) is 0.715. The molecule has 15 heavy (non-hydrogen) atoms. The number of benzene rings is 1. The van der Waals surface area contributed by atoms with E-state index in [4.69, 9.17) is 5.11 Å². The molecule has 0 spiro atoms. The van der Waals surface area contributed by atoms with Crippen molar-refractivity contribution in [2.45, 2.75) is 42.4 Å². The van der Waals surface area contributed by atoms with Gasteiger partial charge in [-0.3, -0.25) is 0 Å². The Balaban J connectivity index is 2.17. The van der Waals surface area contributed by atoms with E-state index in [1.54, 1.807) is 23.9 Å². The van der Waals surface area contributed by atoms with Gasteiger partial charge in [0.1, 0.15) is 5.82 Å². The monoisotopic (exact) mass is 226 g/mol. The topological polar surface area (TPSA) is 20.2 Å². The van der Waals surface area contributed by atoms with E-state index in [0.717, 1.165) is 0 Å². The van der Waals surface area contributed by atoms with Crippen LogP contribution in [0.1, 0.15) is 31.2 Å². The van der Waals surface area contributed by atoms with Gasteiger partial charge in [0.15, 0.2) is 0 Å². The average molecular weight is 226 g/mol. The van der Waals surface area contributed by atoms with Crippen LogP contribution in [0.15, 0.2) is 23.1 Å². The van der Waals surface area contributed by atoms with Crippen molar-refractivity contribution >= 4 is 11.8 Å². The summed E-state index contributed by atoms with van der Waals surface area (Å²) in [6.45, 7) is -0.0766. The summed E-state index contributed by atoms with van der Waals surface area (Å²) < 4.78 is 13.6. The van der Waals surface area contributed by atoms with Crippen LogP contribution < -0.4 is 0 Å². The summed E-state index contributed by atoms with van der Waals surface area (Å²) in [6, 6.07) is 4.91. The molecule has 82 valence electrons. The van der Waals surface area contributed by atoms with Crippen LogP contribution in [0.4, 0.5) is 4.39 Å². The number of aliphatic hydroxyl groups excluding tert-OH is 1. The molecule has 0 saturated heterocycles. The summed E-state index contributed by atoms with van der Waals surface area (Å²) in [7, 11) is 0. The molecule has 1 fully saturated rings. The molecular weight excluding hydrogens is 211 g/mol. The fourth-order valence-corrected chi connectivity index (χ4v) is 3.35. The number of hydrogen-bond acceptors (Lipinski definition) is 2. The van der Waals surface area contributed by atoms with E-state index in [1.807, 2.05) is 0 Å². The minimum Gasteiger partial charge on any atom is -0.392 e. The van der Waals surface area contributed by atoms with Gasteiger partial charge in [-0.1, -0.05) is 25.0 Å². The molecule has 0 unspecified atom stereocenters. The zero-order valence-corrected chi connectivity index (χ0v) is 9.39. The van der Waals surface area contributed by atoms with Gasteiger partial charge in [-0.15, -0.1) is 11.8 Å². The molecule has 2 rings (SSSR count). The zero-order chi connectivity index (χ0) is 10.7.